The van der Waals surface area contributed by atoms with Gasteiger partial charge in [0.25, 0.3) is 0 Å². The molecule has 104 valence electrons. The second kappa shape index (κ2) is 8.63. The first-order valence-corrected chi connectivity index (χ1v) is 5.93. The van der Waals surface area contributed by atoms with Crippen LogP contribution >= 0.6 is 0 Å². The number of carbonyl (C=O) groups is 1. The summed E-state index contributed by atoms with van der Waals surface area (Å²) in [6.07, 6.45) is 1.43. The minimum atomic E-state index is -1.04. The predicted molar refractivity (Wildman–Crippen MR) is 70.3 cm³/mol. The molecule has 0 radical (unpaired) electrons. The highest BCUT2D eigenvalue weighted by molar-refractivity contribution is 5.77. The third kappa shape index (κ3) is 6.34. The van der Waals surface area contributed by atoms with Crippen molar-refractivity contribution in [1.29, 1.82) is 0 Å². The second-order valence-corrected chi connectivity index (χ2v) is 4.14. The van der Waals surface area contributed by atoms with Crippen molar-refractivity contribution in [3.8, 4) is 0 Å². The maximum Gasteiger partial charge on any atom is 0.320 e. The molecule has 0 aromatic heterocycles. The lowest BCUT2D eigenvalue weighted by atomic mass is 9.99. The van der Waals surface area contributed by atoms with Crippen LogP contribution in [0.3, 0.4) is 0 Å². The average Bonchev–Trinajstić information content (AvgIpc) is 2.32. The molecule has 0 bridgehead atoms. The number of alkyl halides is 1. The third-order valence-electron chi connectivity index (χ3n) is 2.68. The molecule has 5 nitrogen and oxygen atoms in total. The molecule has 0 fully saturated rings. The minimum absolute atomic E-state index is 0.227. The van der Waals surface area contributed by atoms with E-state index in [1.54, 1.807) is 6.92 Å². The van der Waals surface area contributed by atoms with E-state index in [-0.39, 0.29) is 6.54 Å². The van der Waals surface area contributed by atoms with Gasteiger partial charge in [0.2, 0.25) is 0 Å². The summed E-state index contributed by atoms with van der Waals surface area (Å²) in [7, 11) is 0. The zero-order valence-electron chi connectivity index (χ0n) is 10.9. The van der Waals surface area contributed by atoms with Gasteiger partial charge in [0.15, 0.2) is 0 Å². The van der Waals surface area contributed by atoms with Crippen molar-refractivity contribution >= 4 is 11.8 Å². The highest BCUT2D eigenvalue weighted by Gasteiger charge is 2.13. The van der Waals surface area contributed by atoms with E-state index in [2.05, 4.69) is 4.99 Å². The first kappa shape index (κ1) is 16.6. The Morgan fingerprint density at radius 3 is 2.44 bits per heavy atom. The molecule has 0 aliphatic rings. The summed E-state index contributed by atoms with van der Waals surface area (Å²) in [5.41, 5.74) is 12.3. The van der Waals surface area contributed by atoms with Gasteiger partial charge in [-0.2, -0.15) is 0 Å². The van der Waals surface area contributed by atoms with Crippen molar-refractivity contribution < 1.29 is 14.3 Å². The molecule has 0 saturated heterocycles. The monoisotopic (exact) mass is 259 g/mol. The number of carboxylic acid groups (broad SMARTS) is 1. The fraction of sp³-hybridized carbons (Fsp3) is 0.667. The lowest BCUT2D eigenvalue weighted by molar-refractivity contribution is -0.138. The number of amidine groups is 1. The van der Waals surface area contributed by atoms with Crippen molar-refractivity contribution in [2.75, 3.05) is 13.2 Å². The number of rotatable bonds is 8. The maximum absolute atomic E-state index is 12.9. The van der Waals surface area contributed by atoms with Gasteiger partial charge in [-0.25, -0.2) is 4.39 Å². The maximum atomic E-state index is 12.9. The van der Waals surface area contributed by atoms with Crippen LogP contribution in [0.2, 0.25) is 0 Å². The quantitative estimate of drug-likeness (QED) is 0.346. The fourth-order valence-corrected chi connectivity index (χ4v) is 1.53. The van der Waals surface area contributed by atoms with Gasteiger partial charge in [0.05, 0.1) is 12.4 Å². The third-order valence-corrected chi connectivity index (χ3v) is 2.68. The van der Waals surface area contributed by atoms with Gasteiger partial charge >= 0.3 is 5.97 Å². The van der Waals surface area contributed by atoms with Gasteiger partial charge in [-0.05, 0) is 31.8 Å². The molecule has 0 aliphatic carbocycles. The van der Waals surface area contributed by atoms with E-state index < -0.39 is 18.7 Å². The van der Waals surface area contributed by atoms with Crippen molar-refractivity contribution in [3.63, 3.8) is 0 Å². The Bertz CT molecular complexity index is 336. The standard InChI is InChI=1S/C12H22FN3O2/c1-3-9(4-5-11(15)12(17)18)10(6-13)7-16-8(2)14/h11H,3-7,15H2,1-2H3,(H2,14,16)(H,17,18)/b10-9-/t11-/m0/s1. The van der Waals surface area contributed by atoms with E-state index in [4.69, 9.17) is 16.6 Å². The van der Waals surface area contributed by atoms with Gasteiger partial charge in [-0.3, -0.25) is 9.79 Å². The van der Waals surface area contributed by atoms with Crippen LogP contribution in [0, 0.1) is 0 Å². The number of nitrogens with two attached hydrogens (primary N) is 2. The number of aliphatic imine (C=N–C) groups is 1. The van der Waals surface area contributed by atoms with Gasteiger partial charge in [0, 0.05) is 0 Å². The van der Waals surface area contributed by atoms with Crippen LogP contribution in [0.25, 0.3) is 0 Å². The van der Waals surface area contributed by atoms with Gasteiger partial charge in [-0.1, -0.05) is 12.5 Å². The molecule has 0 amide bonds. The number of aliphatic carboxylic acids is 1. The Morgan fingerprint density at radius 1 is 1.44 bits per heavy atom. The smallest absolute Gasteiger partial charge is 0.320 e. The van der Waals surface area contributed by atoms with Crippen LogP contribution in [0.5, 0.6) is 0 Å². The van der Waals surface area contributed by atoms with E-state index in [0.717, 1.165) is 5.57 Å². The summed E-state index contributed by atoms with van der Waals surface area (Å²) in [4.78, 5) is 14.6. The highest BCUT2D eigenvalue weighted by Crippen LogP contribution is 2.17. The molecule has 1 atom stereocenters. The number of nitrogens with zero attached hydrogens (tertiary/aromatic N) is 1. The molecule has 0 aromatic rings. The van der Waals surface area contributed by atoms with Crippen molar-refractivity contribution in [2.24, 2.45) is 16.5 Å². The van der Waals surface area contributed by atoms with Crippen molar-refractivity contribution in [3.05, 3.63) is 11.1 Å². The summed E-state index contributed by atoms with van der Waals surface area (Å²) >= 11 is 0. The van der Waals surface area contributed by atoms with Gasteiger partial charge in [-0.15, -0.1) is 0 Å². The van der Waals surface area contributed by atoms with Crippen LogP contribution < -0.4 is 11.5 Å². The second-order valence-electron chi connectivity index (χ2n) is 4.14. The van der Waals surface area contributed by atoms with Crippen LogP contribution in [0.1, 0.15) is 33.1 Å². The van der Waals surface area contributed by atoms with E-state index in [9.17, 15) is 9.18 Å². The van der Waals surface area contributed by atoms with E-state index in [1.165, 1.54) is 0 Å². The summed E-state index contributed by atoms with van der Waals surface area (Å²) < 4.78 is 12.9. The molecule has 18 heavy (non-hydrogen) atoms. The number of allylic oxidation sites excluding steroid dienone is 1. The van der Waals surface area contributed by atoms with E-state index >= 15 is 0 Å². The summed E-state index contributed by atoms with van der Waals surface area (Å²) in [6.45, 7) is 3.17. The SMILES string of the molecule is CC/C(CC[C@H](N)C(=O)O)=C(\CF)CN=C(C)N. The summed E-state index contributed by atoms with van der Waals surface area (Å²) in [5.74, 6) is -0.637. The lowest BCUT2D eigenvalue weighted by Gasteiger charge is -2.12. The topological polar surface area (TPSA) is 102 Å². The molecular formula is C12H22FN3O2. The number of hydrogen-bond donors (Lipinski definition) is 3. The van der Waals surface area contributed by atoms with Gasteiger partial charge < -0.3 is 16.6 Å². The molecule has 0 unspecified atom stereocenters. The molecule has 6 heteroatoms. The Labute approximate surface area is 107 Å². The van der Waals surface area contributed by atoms with Crippen LogP contribution in [0.4, 0.5) is 4.39 Å². The zero-order valence-corrected chi connectivity index (χ0v) is 10.9. The Morgan fingerprint density at radius 2 is 2.06 bits per heavy atom. The Hall–Kier alpha value is -1.43. The minimum Gasteiger partial charge on any atom is -0.480 e. The molecule has 0 aliphatic heterocycles. The largest absolute Gasteiger partial charge is 0.480 e. The Balaban J connectivity index is 4.67. The summed E-state index contributed by atoms with van der Waals surface area (Å²) in [5, 5.41) is 8.69. The lowest BCUT2D eigenvalue weighted by Crippen LogP contribution is -2.30. The fourth-order valence-electron chi connectivity index (χ4n) is 1.53. The molecule has 5 N–H and O–H groups in total. The average molecular weight is 259 g/mol. The van der Waals surface area contributed by atoms with Crippen molar-refractivity contribution in [2.45, 2.75) is 39.2 Å². The first-order chi connectivity index (χ1) is 8.42. The highest BCUT2D eigenvalue weighted by atomic mass is 19.1. The number of hydrogen-bond acceptors (Lipinski definition) is 3. The van der Waals surface area contributed by atoms with Crippen LogP contribution in [-0.2, 0) is 4.79 Å². The Kier molecular flexibility index (Phi) is 7.94. The normalized spacial score (nSPS) is 15.2. The number of halogens is 1. The van der Waals surface area contributed by atoms with Crippen LogP contribution in [0.15, 0.2) is 16.1 Å². The van der Waals surface area contributed by atoms with E-state index in [1.807, 2.05) is 6.92 Å². The predicted octanol–water partition coefficient (Wildman–Crippen LogP) is 1.23. The van der Waals surface area contributed by atoms with E-state index in [0.29, 0.717) is 30.7 Å². The molecule has 0 spiro atoms. The molecule has 0 rings (SSSR count). The molecule has 0 heterocycles. The molecule has 0 aromatic carbocycles. The van der Waals surface area contributed by atoms with Gasteiger partial charge in [0.1, 0.15) is 12.7 Å². The van der Waals surface area contributed by atoms with Crippen molar-refractivity contribution in [1.82, 2.24) is 0 Å². The first-order valence-electron chi connectivity index (χ1n) is 5.93. The summed E-state index contributed by atoms with van der Waals surface area (Å²) in [6, 6.07) is -0.910. The van der Waals surface area contributed by atoms with Crippen LogP contribution in [-0.4, -0.2) is 36.2 Å². The molecular weight excluding hydrogens is 237 g/mol. The zero-order chi connectivity index (χ0) is 14.1. The molecule has 0 saturated carbocycles. The number of carboxylic acids is 1.